The number of hydrogen-bond acceptors (Lipinski definition) is 4. The molecule has 0 saturated heterocycles. The monoisotopic (exact) mass is 327 g/mol. The van der Waals surface area contributed by atoms with Crippen LogP contribution in [0.1, 0.15) is 25.5 Å². The van der Waals surface area contributed by atoms with Gasteiger partial charge in [0, 0.05) is 30.9 Å². The zero-order valence-corrected chi connectivity index (χ0v) is 13.8. The van der Waals surface area contributed by atoms with E-state index in [0.29, 0.717) is 18.8 Å². The number of benzene rings is 2. The molecule has 6 nitrogen and oxygen atoms in total. The van der Waals surface area contributed by atoms with Gasteiger partial charge in [-0.25, -0.2) is 0 Å². The van der Waals surface area contributed by atoms with E-state index in [1.165, 1.54) is 12.1 Å². The van der Waals surface area contributed by atoms with E-state index in [1.54, 1.807) is 17.0 Å². The number of nitrogens with zero attached hydrogens (tertiary/aromatic N) is 2. The van der Waals surface area contributed by atoms with Crippen molar-refractivity contribution in [3.05, 3.63) is 70.3 Å². The second-order valence-corrected chi connectivity index (χ2v) is 5.31. The predicted octanol–water partition coefficient (Wildman–Crippen LogP) is 3.62. The van der Waals surface area contributed by atoms with Crippen LogP contribution in [0.5, 0.6) is 0 Å². The summed E-state index contributed by atoms with van der Waals surface area (Å²) in [5.41, 5.74) is 1.35. The summed E-state index contributed by atoms with van der Waals surface area (Å²) in [6.45, 7) is 5.07. The fourth-order valence-corrected chi connectivity index (χ4v) is 2.53. The van der Waals surface area contributed by atoms with Crippen LogP contribution in [0, 0.1) is 10.1 Å². The summed E-state index contributed by atoms with van der Waals surface area (Å²) < 4.78 is 0. The summed E-state index contributed by atoms with van der Waals surface area (Å²) >= 11 is 0. The van der Waals surface area contributed by atoms with E-state index in [0.717, 1.165) is 5.56 Å². The zero-order chi connectivity index (χ0) is 17.5. The Kier molecular flexibility index (Phi) is 5.89. The maximum atomic E-state index is 12.9. The molecule has 0 aromatic heterocycles. The van der Waals surface area contributed by atoms with Crippen molar-refractivity contribution in [1.29, 1.82) is 0 Å². The molecule has 24 heavy (non-hydrogen) atoms. The maximum Gasteiger partial charge on any atom is 0.271 e. The number of anilines is 1. The van der Waals surface area contributed by atoms with Gasteiger partial charge in [-0.3, -0.25) is 14.9 Å². The van der Waals surface area contributed by atoms with Crippen LogP contribution >= 0.6 is 0 Å². The third-order valence-corrected chi connectivity index (χ3v) is 3.82. The van der Waals surface area contributed by atoms with E-state index in [-0.39, 0.29) is 11.6 Å². The molecule has 2 aromatic carbocycles. The lowest BCUT2D eigenvalue weighted by Crippen LogP contribution is -2.37. The van der Waals surface area contributed by atoms with Gasteiger partial charge in [0.1, 0.15) is 6.04 Å². The lowest BCUT2D eigenvalue weighted by atomic mass is 10.0. The predicted molar refractivity (Wildman–Crippen MR) is 93.8 cm³/mol. The quantitative estimate of drug-likeness (QED) is 0.622. The molecule has 1 amide bonds. The average Bonchev–Trinajstić information content (AvgIpc) is 2.61. The van der Waals surface area contributed by atoms with Gasteiger partial charge < -0.3 is 10.2 Å². The number of hydrogen-bond donors (Lipinski definition) is 1. The van der Waals surface area contributed by atoms with Crippen molar-refractivity contribution in [3.8, 4) is 0 Å². The molecular weight excluding hydrogens is 306 g/mol. The fraction of sp³-hybridized carbons (Fsp3) is 0.278. The summed E-state index contributed by atoms with van der Waals surface area (Å²) in [6, 6.07) is 15.0. The minimum atomic E-state index is -0.590. The Morgan fingerprint density at radius 3 is 2.38 bits per heavy atom. The number of non-ortho nitro benzene ring substituents is 1. The highest BCUT2D eigenvalue weighted by Gasteiger charge is 2.24. The van der Waals surface area contributed by atoms with E-state index in [2.05, 4.69) is 5.32 Å². The highest BCUT2D eigenvalue weighted by atomic mass is 16.6. The molecule has 0 aliphatic rings. The van der Waals surface area contributed by atoms with Crippen LogP contribution in [-0.2, 0) is 4.79 Å². The molecular formula is C18H21N3O3. The van der Waals surface area contributed by atoms with Gasteiger partial charge >= 0.3 is 0 Å². The molecule has 0 bridgehead atoms. The lowest BCUT2D eigenvalue weighted by Gasteiger charge is -2.26. The normalized spacial score (nSPS) is 11.6. The summed E-state index contributed by atoms with van der Waals surface area (Å²) in [4.78, 5) is 25.1. The Hall–Kier alpha value is -2.89. The Morgan fingerprint density at radius 2 is 1.79 bits per heavy atom. The molecule has 0 unspecified atom stereocenters. The van der Waals surface area contributed by atoms with Crippen molar-refractivity contribution in [3.63, 3.8) is 0 Å². The van der Waals surface area contributed by atoms with E-state index in [1.807, 2.05) is 44.2 Å². The highest BCUT2D eigenvalue weighted by Crippen LogP contribution is 2.24. The van der Waals surface area contributed by atoms with Crippen molar-refractivity contribution in [2.24, 2.45) is 0 Å². The molecule has 0 fully saturated rings. The van der Waals surface area contributed by atoms with E-state index in [9.17, 15) is 14.9 Å². The molecule has 2 aromatic rings. The van der Waals surface area contributed by atoms with E-state index >= 15 is 0 Å². The number of nitro benzene ring substituents is 1. The highest BCUT2D eigenvalue weighted by molar-refractivity contribution is 5.86. The Bertz CT molecular complexity index is 700. The van der Waals surface area contributed by atoms with Crippen LogP contribution < -0.4 is 5.32 Å². The van der Waals surface area contributed by atoms with Gasteiger partial charge in [0.2, 0.25) is 5.91 Å². The molecule has 2 rings (SSSR count). The van der Waals surface area contributed by atoms with Gasteiger partial charge in [0.15, 0.2) is 0 Å². The molecule has 0 aliphatic heterocycles. The SMILES string of the molecule is CCN(CC)C(=O)[C@H](Nc1cccc([N+](=O)[O-])c1)c1ccccc1. The molecule has 126 valence electrons. The molecule has 1 atom stereocenters. The molecule has 0 heterocycles. The summed E-state index contributed by atoms with van der Waals surface area (Å²) in [7, 11) is 0. The molecule has 0 saturated carbocycles. The first-order valence-electron chi connectivity index (χ1n) is 7.91. The van der Waals surface area contributed by atoms with Crippen LogP contribution in [0.15, 0.2) is 54.6 Å². The van der Waals surface area contributed by atoms with Crippen LogP contribution in [0.2, 0.25) is 0 Å². The standard InChI is InChI=1S/C18H21N3O3/c1-3-20(4-2)18(22)17(14-9-6-5-7-10-14)19-15-11-8-12-16(13-15)21(23)24/h5-13,17,19H,3-4H2,1-2H3/t17-/m1/s1. The minimum Gasteiger partial charge on any atom is -0.370 e. The summed E-state index contributed by atoms with van der Waals surface area (Å²) in [6.07, 6.45) is 0. The van der Waals surface area contributed by atoms with Gasteiger partial charge in [0.25, 0.3) is 5.69 Å². The minimum absolute atomic E-state index is 0.0119. The largest absolute Gasteiger partial charge is 0.370 e. The molecule has 0 aliphatic carbocycles. The first-order valence-corrected chi connectivity index (χ1v) is 7.91. The number of nitrogens with one attached hydrogen (secondary N) is 1. The van der Waals surface area contributed by atoms with Crippen LogP contribution in [0.25, 0.3) is 0 Å². The van der Waals surface area contributed by atoms with E-state index < -0.39 is 11.0 Å². The first-order chi connectivity index (χ1) is 11.6. The van der Waals surface area contributed by atoms with Crippen LogP contribution in [0.3, 0.4) is 0 Å². The molecule has 1 N–H and O–H groups in total. The number of likely N-dealkylation sites (N-methyl/N-ethyl adjacent to an activating group) is 1. The Labute approximate surface area is 141 Å². The molecule has 6 heteroatoms. The zero-order valence-electron chi connectivity index (χ0n) is 13.8. The first kappa shape index (κ1) is 17.5. The number of carbonyl (C=O) groups excluding carboxylic acids is 1. The second-order valence-electron chi connectivity index (χ2n) is 5.31. The summed E-state index contributed by atoms with van der Waals surface area (Å²) in [5, 5.41) is 14.1. The smallest absolute Gasteiger partial charge is 0.271 e. The number of rotatable bonds is 7. The van der Waals surface area contributed by atoms with Crippen LogP contribution in [0.4, 0.5) is 11.4 Å². The molecule has 0 spiro atoms. The van der Waals surface area contributed by atoms with Crippen molar-refractivity contribution >= 4 is 17.3 Å². The average molecular weight is 327 g/mol. The maximum absolute atomic E-state index is 12.9. The number of nitro groups is 1. The number of carbonyl (C=O) groups is 1. The lowest BCUT2D eigenvalue weighted by molar-refractivity contribution is -0.384. The van der Waals surface area contributed by atoms with Gasteiger partial charge in [-0.1, -0.05) is 36.4 Å². The van der Waals surface area contributed by atoms with Gasteiger partial charge in [-0.15, -0.1) is 0 Å². The number of amides is 1. The third-order valence-electron chi connectivity index (χ3n) is 3.82. The van der Waals surface area contributed by atoms with Crippen molar-refractivity contribution in [1.82, 2.24) is 4.90 Å². The van der Waals surface area contributed by atoms with Gasteiger partial charge in [-0.05, 0) is 25.5 Å². The van der Waals surface area contributed by atoms with E-state index in [4.69, 9.17) is 0 Å². The van der Waals surface area contributed by atoms with Gasteiger partial charge in [-0.2, -0.15) is 0 Å². The van der Waals surface area contributed by atoms with Crippen molar-refractivity contribution in [2.45, 2.75) is 19.9 Å². The van der Waals surface area contributed by atoms with Crippen molar-refractivity contribution < 1.29 is 9.72 Å². The third kappa shape index (κ3) is 4.10. The Morgan fingerprint density at radius 1 is 1.12 bits per heavy atom. The van der Waals surface area contributed by atoms with Crippen molar-refractivity contribution in [2.75, 3.05) is 18.4 Å². The Balaban J connectivity index is 2.34. The topological polar surface area (TPSA) is 75.5 Å². The van der Waals surface area contributed by atoms with Crippen LogP contribution in [-0.4, -0.2) is 28.8 Å². The van der Waals surface area contributed by atoms with Gasteiger partial charge in [0.05, 0.1) is 4.92 Å². The second kappa shape index (κ2) is 8.10. The molecule has 0 radical (unpaired) electrons. The fourth-order valence-electron chi connectivity index (χ4n) is 2.53. The summed E-state index contributed by atoms with van der Waals surface area (Å²) in [5.74, 6) is -0.0577.